The van der Waals surface area contributed by atoms with E-state index in [1.54, 1.807) is 6.20 Å². The SMILES string of the molecule is Cc1ccc2c(c1)-c1c(cnn1CC(=O)N1CCN(c3ccccn3)CC1)CO2. The average molecular weight is 389 g/mol. The largest absolute Gasteiger partial charge is 0.488 e. The molecule has 0 bridgehead atoms. The molecular formula is C22H23N5O2. The van der Waals surface area contributed by atoms with Crippen molar-refractivity contribution in [2.45, 2.75) is 20.1 Å². The minimum absolute atomic E-state index is 0.0947. The number of pyridine rings is 1. The third-order valence-electron chi connectivity index (χ3n) is 5.58. The second-order valence-electron chi connectivity index (χ2n) is 7.52. The van der Waals surface area contributed by atoms with E-state index in [0.29, 0.717) is 19.7 Å². The van der Waals surface area contributed by atoms with Crippen molar-refractivity contribution in [1.29, 1.82) is 0 Å². The second-order valence-corrected chi connectivity index (χ2v) is 7.52. The summed E-state index contributed by atoms with van der Waals surface area (Å²) in [5, 5.41) is 4.49. The molecule has 4 heterocycles. The molecule has 1 aromatic carbocycles. The lowest BCUT2D eigenvalue weighted by Crippen LogP contribution is -2.50. The summed E-state index contributed by atoms with van der Waals surface area (Å²) >= 11 is 0. The number of piperazine rings is 1. The van der Waals surface area contributed by atoms with Crippen molar-refractivity contribution in [2.75, 3.05) is 31.1 Å². The first kappa shape index (κ1) is 17.7. The van der Waals surface area contributed by atoms with Crippen molar-refractivity contribution in [3.8, 4) is 17.0 Å². The quantitative estimate of drug-likeness (QED) is 0.689. The van der Waals surface area contributed by atoms with E-state index in [0.717, 1.165) is 47.0 Å². The number of hydrogen-bond donors (Lipinski definition) is 0. The Morgan fingerprint density at radius 3 is 2.79 bits per heavy atom. The number of aromatic nitrogens is 3. The second kappa shape index (κ2) is 7.24. The maximum absolute atomic E-state index is 13.0. The number of nitrogens with zero attached hydrogens (tertiary/aromatic N) is 5. The van der Waals surface area contributed by atoms with Crippen LogP contribution in [0.1, 0.15) is 11.1 Å². The Balaban J connectivity index is 1.30. The van der Waals surface area contributed by atoms with Crippen molar-refractivity contribution in [3.63, 3.8) is 0 Å². The van der Waals surface area contributed by atoms with E-state index in [1.165, 1.54) is 0 Å². The highest BCUT2D eigenvalue weighted by atomic mass is 16.5. The van der Waals surface area contributed by atoms with Gasteiger partial charge in [0.1, 0.15) is 24.7 Å². The highest BCUT2D eigenvalue weighted by Gasteiger charge is 2.26. The highest BCUT2D eigenvalue weighted by Crippen LogP contribution is 2.38. The van der Waals surface area contributed by atoms with Crippen molar-refractivity contribution in [1.82, 2.24) is 19.7 Å². The number of fused-ring (bicyclic) bond motifs is 3. The molecule has 2 aromatic heterocycles. The molecule has 0 unspecified atom stereocenters. The summed E-state index contributed by atoms with van der Waals surface area (Å²) in [5.74, 6) is 1.91. The lowest BCUT2D eigenvalue weighted by molar-refractivity contribution is -0.132. The summed E-state index contributed by atoms with van der Waals surface area (Å²) in [6, 6.07) is 12.0. The van der Waals surface area contributed by atoms with Gasteiger partial charge in [-0.25, -0.2) is 4.98 Å². The number of carbonyl (C=O) groups is 1. The Kier molecular flexibility index (Phi) is 4.42. The molecule has 29 heavy (non-hydrogen) atoms. The van der Waals surface area contributed by atoms with E-state index >= 15 is 0 Å². The van der Waals surface area contributed by atoms with E-state index in [4.69, 9.17) is 4.74 Å². The predicted octanol–water partition coefficient (Wildman–Crippen LogP) is 2.49. The van der Waals surface area contributed by atoms with E-state index in [1.807, 2.05) is 46.1 Å². The maximum atomic E-state index is 13.0. The molecule has 0 spiro atoms. The summed E-state index contributed by atoms with van der Waals surface area (Å²) in [6.07, 6.45) is 3.61. The van der Waals surface area contributed by atoms with Crippen LogP contribution in [0.25, 0.3) is 11.3 Å². The standard InChI is InChI=1S/C22H23N5O2/c1-16-5-6-19-18(12-16)22-17(15-29-19)13-24-27(22)14-21(28)26-10-8-25(9-11-26)20-4-2-3-7-23-20/h2-7,12-13H,8-11,14-15H2,1H3. The van der Waals surface area contributed by atoms with Gasteiger partial charge in [0.2, 0.25) is 5.91 Å². The molecule has 2 aliphatic rings. The summed E-state index contributed by atoms with van der Waals surface area (Å²) in [6.45, 7) is 5.75. The summed E-state index contributed by atoms with van der Waals surface area (Å²) in [7, 11) is 0. The molecule has 0 N–H and O–H groups in total. The molecule has 7 nitrogen and oxygen atoms in total. The van der Waals surface area contributed by atoms with Gasteiger partial charge in [-0.3, -0.25) is 9.48 Å². The zero-order valence-corrected chi connectivity index (χ0v) is 16.4. The number of carbonyl (C=O) groups excluding carboxylic acids is 1. The van der Waals surface area contributed by atoms with Crippen molar-refractivity contribution >= 4 is 11.7 Å². The fourth-order valence-corrected chi connectivity index (χ4v) is 4.03. The molecule has 0 aliphatic carbocycles. The van der Waals surface area contributed by atoms with Crippen molar-refractivity contribution in [3.05, 3.63) is 59.9 Å². The Bertz CT molecular complexity index is 1040. The van der Waals surface area contributed by atoms with Gasteiger partial charge in [-0.1, -0.05) is 17.7 Å². The van der Waals surface area contributed by atoms with Gasteiger partial charge < -0.3 is 14.5 Å². The number of rotatable bonds is 3. The number of anilines is 1. The topological polar surface area (TPSA) is 63.5 Å². The molecule has 0 radical (unpaired) electrons. The number of hydrogen-bond acceptors (Lipinski definition) is 5. The van der Waals surface area contributed by atoms with Crippen LogP contribution in [0.3, 0.4) is 0 Å². The fourth-order valence-electron chi connectivity index (χ4n) is 4.03. The van der Waals surface area contributed by atoms with Crippen LogP contribution in [0.4, 0.5) is 5.82 Å². The van der Waals surface area contributed by atoms with Gasteiger partial charge in [0.15, 0.2) is 0 Å². The van der Waals surface area contributed by atoms with Crippen LogP contribution in [-0.4, -0.2) is 51.8 Å². The van der Waals surface area contributed by atoms with Crippen LogP contribution in [0, 0.1) is 6.92 Å². The molecule has 1 saturated heterocycles. The summed E-state index contributed by atoms with van der Waals surface area (Å²) in [5.41, 5.74) is 4.19. The molecular weight excluding hydrogens is 366 g/mol. The predicted molar refractivity (Wildman–Crippen MR) is 110 cm³/mol. The smallest absolute Gasteiger partial charge is 0.244 e. The molecule has 148 valence electrons. The van der Waals surface area contributed by atoms with Crippen LogP contribution in [0.5, 0.6) is 5.75 Å². The van der Waals surface area contributed by atoms with Gasteiger partial charge >= 0.3 is 0 Å². The number of aryl methyl sites for hydroxylation is 1. The average Bonchev–Trinajstić information content (AvgIpc) is 3.17. The lowest BCUT2D eigenvalue weighted by atomic mass is 10.0. The zero-order valence-electron chi connectivity index (χ0n) is 16.4. The number of ether oxygens (including phenoxy) is 1. The Morgan fingerprint density at radius 2 is 2.00 bits per heavy atom. The Labute approximate surface area is 169 Å². The third kappa shape index (κ3) is 3.33. The van der Waals surface area contributed by atoms with Crippen LogP contribution < -0.4 is 9.64 Å². The lowest BCUT2D eigenvalue weighted by Gasteiger charge is -2.35. The molecule has 0 saturated carbocycles. The Hall–Kier alpha value is -3.35. The van der Waals surface area contributed by atoms with Crippen molar-refractivity contribution in [2.24, 2.45) is 0 Å². The first-order valence-corrected chi connectivity index (χ1v) is 9.91. The normalized spacial score (nSPS) is 15.5. The van der Waals surface area contributed by atoms with E-state index in [2.05, 4.69) is 28.0 Å². The van der Waals surface area contributed by atoms with Gasteiger partial charge in [-0.05, 0) is 31.2 Å². The molecule has 7 heteroatoms. The summed E-state index contributed by atoms with van der Waals surface area (Å²) < 4.78 is 7.66. The van der Waals surface area contributed by atoms with Gasteiger partial charge in [-0.2, -0.15) is 5.10 Å². The highest BCUT2D eigenvalue weighted by molar-refractivity contribution is 5.79. The number of benzene rings is 1. The van der Waals surface area contributed by atoms with Gasteiger partial charge in [-0.15, -0.1) is 0 Å². The molecule has 3 aromatic rings. The van der Waals surface area contributed by atoms with E-state index < -0.39 is 0 Å². The van der Waals surface area contributed by atoms with E-state index in [9.17, 15) is 4.79 Å². The first-order valence-electron chi connectivity index (χ1n) is 9.91. The fraction of sp³-hybridized carbons (Fsp3) is 0.318. The minimum atomic E-state index is 0.0947. The van der Waals surface area contributed by atoms with E-state index in [-0.39, 0.29) is 12.5 Å². The monoisotopic (exact) mass is 389 g/mol. The van der Waals surface area contributed by atoms with Gasteiger partial charge in [0.05, 0.1) is 11.9 Å². The molecule has 1 fully saturated rings. The minimum Gasteiger partial charge on any atom is -0.488 e. The first-order chi connectivity index (χ1) is 14.2. The van der Waals surface area contributed by atoms with Gasteiger partial charge in [0, 0.05) is 43.5 Å². The number of amides is 1. The van der Waals surface area contributed by atoms with Gasteiger partial charge in [0.25, 0.3) is 0 Å². The molecule has 1 amide bonds. The van der Waals surface area contributed by atoms with Crippen LogP contribution >= 0.6 is 0 Å². The molecule has 0 atom stereocenters. The van der Waals surface area contributed by atoms with Crippen LogP contribution in [-0.2, 0) is 17.9 Å². The van der Waals surface area contributed by atoms with Crippen molar-refractivity contribution < 1.29 is 9.53 Å². The summed E-state index contributed by atoms with van der Waals surface area (Å²) in [4.78, 5) is 21.5. The molecule has 2 aliphatic heterocycles. The zero-order chi connectivity index (χ0) is 19.8. The Morgan fingerprint density at radius 1 is 1.14 bits per heavy atom. The maximum Gasteiger partial charge on any atom is 0.244 e. The molecule has 5 rings (SSSR count). The van der Waals surface area contributed by atoms with Crippen LogP contribution in [0.15, 0.2) is 48.8 Å². The van der Waals surface area contributed by atoms with Crippen LogP contribution in [0.2, 0.25) is 0 Å². The third-order valence-corrected chi connectivity index (χ3v) is 5.58.